The lowest BCUT2D eigenvalue weighted by Crippen LogP contribution is -2.29. The van der Waals surface area contributed by atoms with E-state index in [4.69, 9.17) is 4.74 Å². The van der Waals surface area contributed by atoms with E-state index < -0.39 is 0 Å². The molecular weight excluding hydrogens is 184 g/mol. The topological polar surface area (TPSA) is 9.23 Å². The maximum atomic E-state index is 5.89. The molecule has 0 N–H and O–H groups in total. The summed E-state index contributed by atoms with van der Waals surface area (Å²) < 4.78 is 5.89. The SMILES string of the molecule is C=CC(=C)OC1CC2CC1C1CCCC21. The summed E-state index contributed by atoms with van der Waals surface area (Å²) in [5, 5.41) is 0. The van der Waals surface area contributed by atoms with Crippen molar-refractivity contribution in [3.63, 3.8) is 0 Å². The summed E-state index contributed by atoms with van der Waals surface area (Å²) in [6.07, 6.45) is 9.28. The predicted molar refractivity (Wildman–Crippen MR) is 61.3 cm³/mol. The minimum Gasteiger partial charge on any atom is -0.491 e. The van der Waals surface area contributed by atoms with Crippen LogP contribution in [0.15, 0.2) is 25.0 Å². The number of hydrogen-bond acceptors (Lipinski definition) is 1. The average Bonchev–Trinajstić information content (AvgIpc) is 2.87. The minimum absolute atomic E-state index is 0.458. The van der Waals surface area contributed by atoms with Crippen molar-refractivity contribution in [1.82, 2.24) is 0 Å². The fourth-order valence-electron chi connectivity index (χ4n) is 4.38. The van der Waals surface area contributed by atoms with Crippen LogP contribution >= 0.6 is 0 Å². The molecule has 0 spiro atoms. The molecule has 1 nitrogen and oxygen atoms in total. The fourth-order valence-corrected chi connectivity index (χ4v) is 4.38. The molecule has 3 aliphatic rings. The summed E-state index contributed by atoms with van der Waals surface area (Å²) in [4.78, 5) is 0. The van der Waals surface area contributed by atoms with Crippen molar-refractivity contribution in [2.45, 2.75) is 38.2 Å². The maximum absolute atomic E-state index is 5.89. The van der Waals surface area contributed by atoms with Crippen molar-refractivity contribution in [1.29, 1.82) is 0 Å². The van der Waals surface area contributed by atoms with E-state index in [0.29, 0.717) is 6.10 Å². The van der Waals surface area contributed by atoms with Crippen molar-refractivity contribution < 1.29 is 4.74 Å². The Bertz CT molecular complexity index is 294. The molecule has 0 amide bonds. The van der Waals surface area contributed by atoms with Gasteiger partial charge in [-0.1, -0.05) is 19.6 Å². The van der Waals surface area contributed by atoms with Gasteiger partial charge in [0.15, 0.2) is 0 Å². The van der Waals surface area contributed by atoms with Crippen molar-refractivity contribution >= 4 is 0 Å². The van der Waals surface area contributed by atoms with Gasteiger partial charge in [-0.2, -0.15) is 0 Å². The number of ether oxygens (including phenoxy) is 1. The predicted octanol–water partition coefficient (Wildman–Crippen LogP) is 3.53. The molecule has 0 saturated heterocycles. The summed E-state index contributed by atoms with van der Waals surface area (Å²) in [6, 6.07) is 0. The van der Waals surface area contributed by atoms with E-state index in [0.717, 1.165) is 29.4 Å². The summed E-state index contributed by atoms with van der Waals surface area (Å²) in [5.74, 6) is 4.59. The first-order valence-electron chi connectivity index (χ1n) is 6.27. The highest BCUT2D eigenvalue weighted by Crippen LogP contribution is 2.59. The summed E-state index contributed by atoms with van der Waals surface area (Å²) in [6.45, 7) is 7.57. The van der Waals surface area contributed by atoms with Crippen LogP contribution in [0.3, 0.4) is 0 Å². The molecule has 0 aromatic carbocycles. The normalized spacial score (nSPS) is 46.5. The lowest BCUT2D eigenvalue weighted by molar-refractivity contribution is 0.0378. The summed E-state index contributed by atoms with van der Waals surface area (Å²) in [7, 11) is 0. The van der Waals surface area contributed by atoms with Crippen molar-refractivity contribution in [2.75, 3.05) is 0 Å². The van der Waals surface area contributed by atoms with Crippen LogP contribution in [0.2, 0.25) is 0 Å². The number of hydrogen-bond donors (Lipinski definition) is 0. The standard InChI is InChI=1S/C14H20O/c1-3-9(2)15-14-8-10-7-13(14)12-6-4-5-11(10)12/h3,10-14H,1-2,4-8H2. The van der Waals surface area contributed by atoms with Crippen LogP contribution in [-0.4, -0.2) is 6.10 Å². The largest absolute Gasteiger partial charge is 0.491 e. The van der Waals surface area contributed by atoms with Crippen LogP contribution in [0.1, 0.15) is 32.1 Å². The summed E-state index contributed by atoms with van der Waals surface area (Å²) in [5.41, 5.74) is 0. The van der Waals surface area contributed by atoms with Gasteiger partial charge in [-0.05, 0) is 55.4 Å². The van der Waals surface area contributed by atoms with Gasteiger partial charge in [-0.25, -0.2) is 0 Å². The average molecular weight is 204 g/mol. The molecule has 0 aromatic rings. The van der Waals surface area contributed by atoms with E-state index >= 15 is 0 Å². The molecule has 0 aromatic heterocycles. The van der Waals surface area contributed by atoms with E-state index in [1.54, 1.807) is 6.08 Å². The summed E-state index contributed by atoms with van der Waals surface area (Å²) >= 11 is 0. The number of fused-ring (bicyclic) bond motifs is 5. The molecule has 0 radical (unpaired) electrons. The molecule has 0 aliphatic heterocycles. The Morgan fingerprint density at radius 3 is 2.73 bits per heavy atom. The molecule has 3 fully saturated rings. The second-order valence-corrected chi connectivity index (χ2v) is 5.48. The molecule has 3 saturated carbocycles. The van der Waals surface area contributed by atoms with E-state index in [2.05, 4.69) is 13.2 Å². The first-order chi connectivity index (χ1) is 7.29. The Morgan fingerprint density at radius 2 is 1.93 bits per heavy atom. The Balaban J connectivity index is 1.70. The zero-order valence-corrected chi connectivity index (χ0v) is 9.32. The molecule has 0 heterocycles. The number of rotatable bonds is 3. The van der Waals surface area contributed by atoms with Gasteiger partial charge in [0, 0.05) is 0 Å². The van der Waals surface area contributed by atoms with E-state index in [1.165, 1.54) is 32.1 Å². The second kappa shape index (κ2) is 3.40. The highest BCUT2D eigenvalue weighted by atomic mass is 16.5. The monoisotopic (exact) mass is 204 g/mol. The maximum Gasteiger partial charge on any atom is 0.111 e. The van der Waals surface area contributed by atoms with Gasteiger partial charge in [0.25, 0.3) is 0 Å². The second-order valence-electron chi connectivity index (χ2n) is 5.48. The zero-order valence-electron chi connectivity index (χ0n) is 9.32. The molecule has 15 heavy (non-hydrogen) atoms. The molecule has 3 aliphatic carbocycles. The van der Waals surface area contributed by atoms with Crippen LogP contribution in [0.5, 0.6) is 0 Å². The first-order valence-corrected chi connectivity index (χ1v) is 6.27. The van der Waals surface area contributed by atoms with Crippen LogP contribution in [0, 0.1) is 23.7 Å². The number of allylic oxidation sites excluding steroid dienone is 1. The third-order valence-corrected chi connectivity index (χ3v) is 4.90. The van der Waals surface area contributed by atoms with Crippen LogP contribution in [0.4, 0.5) is 0 Å². The smallest absolute Gasteiger partial charge is 0.111 e. The third-order valence-electron chi connectivity index (χ3n) is 4.90. The minimum atomic E-state index is 0.458. The first kappa shape index (κ1) is 9.50. The molecule has 5 atom stereocenters. The molecule has 1 heteroatoms. The Hall–Kier alpha value is -0.720. The van der Waals surface area contributed by atoms with Gasteiger partial charge in [0.1, 0.15) is 11.9 Å². The van der Waals surface area contributed by atoms with Crippen LogP contribution < -0.4 is 0 Å². The highest BCUT2D eigenvalue weighted by Gasteiger charge is 2.54. The molecular formula is C14H20O. The van der Waals surface area contributed by atoms with Gasteiger partial charge >= 0.3 is 0 Å². The zero-order chi connectivity index (χ0) is 10.4. The third kappa shape index (κ3) is 1.36. The lowest BCUT2D eigenvalue weighted by Gasteiger charge is -2.31. The highest BCUT2D eigenvalue weighted by molar-refractivity contribution is 5.08. The van der Waals surface area contributed by atoms with Gasteiger partial charge < -0.3 is 4.74 Å². The van der Waals surface area contributed by atoms with Crippen LogP contribution in [0.25, 0.3) is 0 Å². The Morgan fingerprint density at radius 1 is 1.13 bits per heavy atom. The van der Waals surface area contributed by atoms with Crippen LogP contribution in [-0.2, 0) is 4.74 Å². The molecule has 82 valence electrons. The van der Waals surface area contributed by atoms with Gasteiger partial charge in [0.2, 0.25) is 0 Å². The molecule has 3 rings (SSSR count). The van der Waals surface area contributed by atoms with E-state index in [-0.39, 0.29) is 0 Å². The Kier molecular flexibility index (Phi) is 2.15. The quantitative estimate of drug-likeness (QED) is 0.505. The van der Waals surface area contributed by atoms with Gasteiger partial charge in [-0.3, -0.25) is 0 Å². The van der Waals surface area contributed by atoms with E-state index in [1.807, 2.05) is 0 Å². The molecule has 2 bridgehead atoms. The van der Waals surface area contributed by atoms with Crippen molar-refractivity contribution in [3.8, 4) is 0 Å². The molecule has 5 unspecified atom stereocenters. The fraction of sp³-hybridized carbons (Fsp3) is 0.714. The van der Waals surface area contributed by atoms with Crippen molar-refractivity contribution in [3.05, 3.63) is 25.0 Å². The van der Waals surface area contributed by atoms with Gasteiger partial charge in [0.05, 0.1) is 0 Å². The van der Waals surface area contributed by atoms with Crippen molar-refractivity contribution in [2.24, 2.45) is 23.7 Å². The Labute approximate surface area is 92.2 Å². The van der Waals surface area contributed by atoms with Gasteiger partial charge in [-0.15, -0.1) is 0 Å². The lowest BCUT2D eigenvalue weighted by atomic mass is 9.80. The van der Waals surface area contributed by atoms with E-state index in [9.17, 15) is 0 Å².